The normalized spacial score (nSPS) is 15.6. The van der Waals surface area contributed by atoms with Crippen LogP contribution in [0.3, 0.4) is 0 Å². The lowest BCUT2D eigenvalue weighted by Crippen LogP contribution is -2.51. The molecule has 0 saturated carbocycles. The van der Waals surface area contributed by atoms with E-state index >= 15 is 0 Å². The molecule has 2 N–H and O–H groups in total. The molecule has 1 saturated heterocycles. The van der Waals surface area contributed by atoms with E-state index in [9.17, 15) is 0 Å². The minimum absolute atomic E-state index is 0.470. The van der Waals surface area contributed by atoms with Crippen LogP contribution in [0.5, 0.6) is 0 Å². The molecule has 140 valence electrons. The van der Waals surface area contributed by atoms with Crippen molar-refractivity contribution >= 4 is 22.9 Å². The van der Waals surface area contributed by atoms with Crippen LogP contribution in [0.4, 0.5) is 5.95 Å². The topological polar surface area (TPSA) is 88.5 Å². The van der Waals surface area contributed by atoms with Gasteiger partial charge in [-0.3, -0.25) is 0 Å². The van der Waals surface area contributed by atoms with E-state index in [4.69, 9.17) is 10.7 Å². The number of guanidine groups is 1. The van der Waals surface area contributed by atoms with Crippen molar-refractivity contribution in [3.05, 3.63) is 48.0 Å². The zero-order chi connectivity index (χ0) is 18.8. The molecule has 1 aliphatic heterocycles. The van der Waals surface area contributed by atoms with E-state index in [1.54, 1.807) is 12.4 Å². The van der Waals surface area contributed by atoms with Crippen molar-refractivity contribution in [3.63, 3.8) is 0 Å². The minimum atomic E-state index is 0.470. The van der Waals surface area contributed by atoms with Gasteiger partial charge in [-0.2, -0.15) is 0 Å². The molecule has 1 fully saturated rings. The van der Waals surface area contributed by atoms with Crippen LogP contribution in [0.2, 0.25) is 0 Å². The van der Waals surface area contributed by atoms with Gasteiger partial charge >= 0.3 is 0 Å². The molecule has 4 rings (SSSR count). The molecule has 0 aliphatic carbocycles. The van der Waals surface area contributed by atoms with Gasteiger partial charge < -0.3 is 20.1 Å². The van der Waals surface area contributed by atoms with Crippen LogP contribution >= 0.6 is 0 Å². The lowest BCUT2D eigenvalue weighted by atomic mass is 10.2. The van der Waals surface area contributed by atoms with Crippen LogP contribution in [0.25, 0.3) is 11.0 Å². The molecule has 0 atom stereocenters. The summed E-state index contributed by atoms with van der Waals surface area (Å²) in [6, 6.07) is 8.12. The number of aliphatic imine (C=N–C) groups is 1. The van der Waals surface area contributed by atoms with Crippen LogP contribution in [0, 0.1) is 6.92 Å². The number of aryl methyl sites for hydroxylation is 2. The average molecular weight is 364 g/mol. The zero-order valence-corrected chi connectivity index (χ0v) is 15.7. The SMILES string of the molecule is Cc1ccc2c(c1)nc(CN=C(N)N1CCN(c3ncccn3)CC1)n2C. The zero-order valence-electron chi connectivity index (χ0n) is 15.7. The summed E-state index contributed by atoms with van der Waals surface area (Å²) in [6.45, 7) is 5.80. The summed E-state index contributed by atoms with van der Waals surface area (Å²) in [5.41, 5.74) is 9.55. The molecule has 3 heterocycles. The van der Waals surface area contributed by atoms with E-state index in [0.29, 0.717) is 12.5 Å². The van der Waals surface area contributed by atoms with Gasteiger partial charge in [0.25, 0.3) is 0 Å². The van der Waals surface area contributed by atoms with Crippen molar-refractivity contribution in [2.45, 2.75) is 13.5 Å². The predicted octanol–water partition coefficient (Wildman–Crippen LogP) is 1.31. The maximum atomic E-state index is 6.24. The Hall–Kier alpha value is -3.16. The summed E-state index contributed by atoms with van der Waals surface area (Å²) in [6.07, 6.45) is 3.53. The predicted molar refractivity (Wildman–Crippen MR) is 107 cm³/mol. The molecule has 0 bridgehead atoms. The van der Waals surface area contributed by atoms with Gasteiger partial charge in [0, 0.05) is 45.6 Å². The summed E-state index contributed by atoms with van der Waals surface area (Å²) in [5.74, 6) is 2.24. The van der Waals surface area contributed by atoms with Gasteiger partial charge in [-0.25, -0.2) is 19.9 Å². The van der Waals surface area contributed by atoms with Gasteiger partial charge in [-0.1, -0.05) is 6.07 Å². The lowest BCUT2D eigenvalue weighted by Gasteiger charge is -2.35. The number of anilines is 1. The Kier molecular flexibility index (Phi) is 4.62. The number of fused-ring (bicyclic) bond motifs is 1. The molecule has 0 amide bonds. The van der Waals surface area contributed by atoms with Crippen molar-refractivity contribution in [2.75, 3.05) is 31.1 Å². The van der Waals surface area contributed by atoms with E-state index in [-0.39, 0.29) is 0 Å². The molecule has 0 unspecified atom stereocenters. The Balaban J connectivity index is 1.41. The first-order valence-corrected chi connectivity index (χ1v) is 9.10. The highest BCUT2D eigenvalue weighted by Gasteiger charge is 2.20. The molecule has 8 heteroatoms. The summed E-state index contributed by atoms with van der Waals surface area (Å²) in [7, 11) is 2.02. The number of hydrogen-bond acceptors (Lipinski definition) is 5. The van der Waals surface area contributed by atoms with Crippen molar-refractivity contribution in [1.82, 2.24) is 24.4 Å². The minimum Gasteiger partial charge on any atom is -0.370 e. The van der Waals surface area contributed by atoms with Gasteiger partial charge in [0.1, 0.15) is 12.4 Å². The van der Waals surface area contributed by atoms with E-state index in [1.165, 1.54) is 5.56 Å². The summed E-state index contributed by atoms with van der Waals surface area (Å²) >= 11 is 0. The fourth-order valence-electron chi connectivity index (χ4n) is 3.34. The summed E-state index contributed by atoms with van der Waals surface area (Å²) < 4.78 is 2.08. The van der Waals surface area contributed by atoms with Gasteiger partial charge in [-0.15, -0.1) is 0 Å². The maximum absolute atomic E-state index is 6.24. The van der Waals surface area contributed by atoms with E-state index in [0.717, 1.165) is 49.0 Å². The number of imidazole rings is 1. The van der Waals surface area contributed by atoms with E-state index in [1.807, 2.05) is 13.1 Å². The highest BCUT2D eigenvalue weighted by Crippen LogP contribution is 2.17. The summed E-state index contributed by atoms with van der Waals surface area (Å²) in [5, 5.41) is 0. The highest BCUT2D eigenvalue weighted by atomic mass is 15.4. The molecule has 0 radical (unpaired) electrons. The number of benzene rings is 1. The first-order chi connectivity index (χ1) is 13.1. The lowest BCUT2D eigenvalue weighted by molar-refractivity contribution is 0.378. The fraction of sp³-hybridized carbons (Fsp3) is 0.368. The Labute approximate surface area is 158 Å². The second kappa shape index (κ2) is 7.22. The Bertz CT molecular complexity index is 955. The molecular weight excluding hydrogens is 340 g/mol. The van der Waals surface area contributed by atoms with Crippen molar-refractivity contribution in [1.29, 1.82) is 0 Å². The first-order valence-electron chi connectivity index (χ1n) is 9.10. The molecular formula is C19H24N8. The molecule has 2 aromatic heterocycles. The van der Waals surface area contributed by atoms with Crippen LogP contribution < -0.4 is 10.6 Å². The largest absolute Gasteiger partial charge is 0.370 e. The van der Waals surface area contributed by atoms with Gasteiger partial charge in [0.2, 0.25) is 5.95 Å². The second-order valence-corrected chi connectivity index (χ2v) is 6.78. The number of rotatable bonds is 3. The third kappa shape index (κ3) is 3.55. The number of nitrogens with zero attached hydrogens (tertiary/aromatic N) is 7. The molecule has 1 aliphatic rings. The van der Waals surface area contributed by atoms with Crippen LogP contribution in [0.1, 0.15) is 11.4 Å². The second-order valence-electron chi connectivity index (χ2n) is 6.78. The van der Waals surface area contributed by atoms with Crippen LogP contribution in [0.15, 0.2) is 41.7 Å². The number of piperazine rings is 1. The Morgan fingerprint density at radius 2 is 1.89 bits per heavy atom. The van der Waals surface area contributed by atoms with Gasteiger partial charge in [0.15, 0.2) is 5.96 Å². The van der Waals surface area contributed by atoms with Gasteiger partial charge in [0.05, 0.1) is 11.0 Å². The molecule has 0 spiro atoms. The Morgan fingerprint density at radius 3 is 2.63 bits per heavy atom. The van der Waals surface area contributed by atoms with Crippen molar-refractivity contribution in [3.8, 4) is 0 Å². The molecule has 3 aromatic rings. The smallest absolute Gasteiger partial charge is 0.225 e. The maximum Gasteiger partial charge on any atom is 0.225 e. The van der Waals surface area contributed by atoms with Gasteiger partial charge in [-0.05, 0) is 30.7 Å². The molecule has 1 aromatic carbocycles. The van der Waals surface area contributed by atoms with Crippen LogP contribution in [-0.2, 0) is 13.6 Å². The quantitative estimate of drug-likeness (QED) is 0.557. The van der Waals surface area contributed by atoms with Crippen LogP contribution in [-0.4, -0.2) is 56.6 Å². The standard InChI is InChI=1S/C19H24N8/c1-14-4-5-16-15(12-14)24-17(25(16)2)13-23-18(20)26-8-10-27(11-9-26)19-21-6-3-7-22-19/h3-7,12H,8-11,13H2,1-2H3,(H2,20,23). The molecule has 8 nitrogen and oxygen atoms in total. The van der Waals surface area contributed by atoms with E-state index < -0.39 is 0 Å². The van der Waals surface area contributed by atoms with Crippen molar-refractivity contribution < 1.29 is 0 Å². The third-order valence-corrected chi connectivity index (χ3v) is 4.95. The number of hydrogen-bond donors (Lipinski definition) is 1. The summed E-state index contributed by atoms with van der Waals surface area (Å²) in [4.78, 5) is 22.2. The Morgan fingerprint density at radius 1 is 1.15 bits per heavy atom. The monoisotopic (exact) mass is 364 g/mol. The van der Waals surface area contributed by atoms with E-state index in [2.05, 4.69) is 54.5 Å². The number of nitrogens with two attached hydrogens (primary N) is 1. The van der Waals surface area contributed by atoms with Crippen molar-refractivity contribution in [2.24, 2.45) is 17.8 Å². The highest BCUT2D eigenvalue weighted by molar-refractivity contribution is 5.79. The first kappa shape index (κ1) is 17.3. The number of aromatic nitrogens is 4. The molecule has 27 heavy (non-hydrogen) atoms. The fourth-order valence-corrected chi connectivity index (χ4v) is 3.34. The average Bonchev–Trinajstić information content (AvgIpc) is 3.01. The third-order valence-electron chi connectivity index (χ3n) is 4.95.